The predicted octanol–water partition coefficient (Wildman–Crippen LogP) is 3.09. The van der Waals surface area contributed by atoms with Gasteiger partial charge in [0.25, 0.3) is 15.9 Å². The first-order valence-corrected chi connectivity index (χ1v) is 12.3. The van der Waals surface area contributed by atoms with Crippen LogP contribution in [0.3, 0.4) is 0 Å². The van der Waals surface area contributed by atoms with Crippen molar-refractivity contribution in [3.63, 3.8) is 0 Å². The van der Waals surface area contributed by atoms with Crippen LogP contribution in [0, 0.1) is 6.92 Å². The maximum absolute atomic E-state index is 13.6. The van der Waals surface area contributed by atoms with Crippen molar-refractivity contribution in [1.29, 1.82) is 0 Å². The zero-order chi connectivity index (χ0) is 24.5. The number of benzene rings is 2. The van der Waals surface area contributed by atoms with Gasteiger partial charge in [0.05, 0.1) is 29.9 Å². The lowest BCUT2D eigenvalue weighted by Crippen LogP contribution is -2.39. The highest BCUT2D eigenvalue weighted by atomic mass is 32.2. The molecular formula is C23H26N4O6S. The van der Waals surface area contributed by atoms with Gasteiger partial charge >= 0.3 is 0 Å². The highest BCUT2D eigenvalue weighted by Gasteiger charge is 2.32. The number of hydrogen-bond acceptors (Lipinski definition) is 8. The van der Waals surface area contributed by atoms with Crippen LogP contribution in [-0.2, 0) is 27.8 Å². The van der Waals surface area contributed by atoms with Gasteiger partial charge in [-0.25, -0.2) is 8.42 Å². The smallest absolute Gasteiger partial charge is 0.265 e. The van der Waals surface area contributed by atoms with Gasteiger partial charge in [0.2, 0.25) is 5.89 Å². The molecule has 0 N–H and O–H groups in total. The van der Waals surface area contributed by atoms with Crippen molar-refractivity contribution in [3.05, 3.63) is 53.7 Å². The summed E-state index contributed by atoms with van der Waals surface area (Å²) in [5, 5.41) is 3.92. The summed E-state index contributed by atoms with van der Waals surface area (Å²) in [5.41, 5.74) is 1.46. The van der Waals surface area contributed by atoms with E-state index in [-0.39, 0.29) is 30.5 Å². The normalized spacial score (nSPS) is 13.4. The minimum atomic E-state index is -3.91. The first kappa shape index (κ1) is 23.6. The van der Waals surface area contributed by atoms with Gasteiger partial charge in [0, 0.05) is 19.0 Å². The van der Waals surface area contributed by atoms with Crippen molar-refractivity contribution in [2.24, 2.45) is 0 Å². The number of methoxy groups -OCH3 is 1. The van der Waals surface area contributed by atoms with Gasteiger partial charge in [0.1, 0.15) is 11.5 Å². The maximum atomic E-state index is 13.6. The molecule has 1 aliphatic rings. The van der Waals surface area contributed by atoms with Crippen LogP contribution in [0.25, 0.3) is 0 Å². The molecule has 1 aliphatic heterocycles. The molecular weight excluding hydrogens is 460 g/mol. The lowest BCUT2D eigenvalue weighted by atomic mass is 10.1. The molecule has 0 saturated carbocycles. The fourth-order valence-corrected chi connectivity index (χ4v) is 5.48. The number of aromatic nitrogens is 2. The number of nitrogens with zero attached hydrogens (tertiary/aromatic N) is 4. The second-order valence-corrected chi connectivity index (χ2v) is 9.51. The number of sulfonamides is 1. The summed E-state index contributed by atoms with van der Waals surface area (Å²) in [4.78, 5) is 18.4. The van der Waals surface area contributed by atoms with Crippen LogP contribution in [0.15, 0.2) is 45.8 Å². The van der Waals surface area contributed by atoms with E-state index in [1.807, 2.05) is 6.92 Å². The Morgan fingerprint density at radius 3 is 2.53 bits per heavy atom. The number of hydrogen-bond donors (Lipinski definition) is 0. The summed E-state index contributed by atoms with van der Waals surface area (Å²) >= 11 is 0. The summed E-state index contributed by atoms with van der Waals surface area (Å²) in [6.45, 7) is 5.45. The first-order valence-electron chi connectivity index (χ1n) is 10.8. The minimum Gasteiger partial charge on any atom is -0.497 e. The van der Waals surface area contributed by atoms with Crippen LogP contribution in [0.4, 0.5) is 11.4 Å². The highest BCUT2D eigenvalue weighted by molar-refractivity contribution is 7.92. The van der Waals surface area contributed by atoms with E-state index in [1.165, 1.54) is 15.3 Å². The van der Waals surface area contributed by atoms with Crippen molar-refractivity contribution in [2.75, 3.05) is 29.5 Å². The van der Waals surface area contributed by atoms with Crippen molar-refractivity contribution < 1.29 is 27.2 Å². The molecule has 180 valence electrons. The summed E-state index contributed by atoms with van der Waals surface area (Å²) in [5.74, 6) is 1.50. The molecule has 4 rings (SSSR count). The third-order valence-corrected chi connectivity index (χ3v) is 7.57. The average molecular weight is 487 g/mol. The molecule has 0 bridgehead atoms. The topological polar surface area (TPSA) is 115 Å². The van der Waals surface area contributed by atoms with Gasteiger partial charge in [-0.05, 0) is 49.7 Å². The molecule has 3 aromatic rings. The van der Waals surface area contributed by atoms with E-state index >= 15 is 0 Å². The van der Waals surface area contributed by atoms with Crippen LogP contribution in [0.5, 0.6) is 11.5 Å². The Morgan fingerprint density at radius 1 is 1.18 bits per heavy atom. The summed E-state index contributed by atoms with van der Waals surface area (Å²) in [7, 11) is -2.36. The Hall–Kier alpha value is -3.60. The number of fused-ring (bicyclic) bond motifs is 1. The Labute approximate surface area is 198 Å². The molecule has 0 unspecified atom stereocenters. The number of aryl methyl sites for hydroxylation is 2. The number of rotatable bonds is 8. The molecule has 0 spiro atoms. The van der Waals surface area contributed by atoms with Crippen molar-refractivity contribution in [1.82, 2.24) is 10.1 Å². The van der Waals surface area contributed by atoms with Crippen LogP contribution < -0.4 is 18.7 Å². The SMILES string of the molecule is CCc1nc(CN2C(=O)COc3cc(S(=O)(=O)N(CC)c4ccc(OC)cc4)c(C)cc32)no1. The second kappa shape index (κ2) is 9.34. The van der Waals surface area contributed by atoms with Gasteiger partial charge in [-0.3, -0.25) is 14.0 Å². The van der Waals surface area contributed by atoms with E-state index in [0.717, 1.165) is 0 Å². The molecule has 0 radical (unpaired) electrons. The first-order chi connectivity index (χ1) is 16.3. The molecule has 1 amide bonds. The monoisotopic (exact) mass is 486 g/mol. The van der Waals surface area contributed by atoms with Crippen LogP contribution in [-0.4, -0.2) is 44.7 Å². The summed E-state index contributed by atoms with van der Waals surface area (Å²) in [6, 6.07) is 9.92. The van der Waals surface area contributed by atoms with Crippen LogP contribution in [0.2, 0.25) is 0 Å². The zero-order valence-corrected chi connectivity index (χ0v) is 20.3. The number of amides is 1. The molecule has 34 heavy (non-hydrogen) atoms. The molecule has 0 aliphatic carbocycles. The fourth-order valence-electron chi connectivity index (χ4n) is 3.78. The number of carbonyl (C=O) groups is 1. The molecule has 1 aromatic heterocycles. The van der Waals surface area contributed by atoms with E-state index < -0.39 is 10.0 Å². The summed E-state index contributed by atoms with van der Waals surface area (Å²) < 4.78 is 44.5. The lowest BCUT2D eigenvalue weighted by molar-refractivity contribution is -0.121. The Bertz CT molecular complexity index is 1300. The number of anilines is 2. The van der Waals surface area contributed by atoms with Crippen LogP contribution in [0.1, 0.15) is 31.1 Å². The van der Waals surface area contributed by atoms with Crippen LogP contribution >= 0.6 is 0 Å². The average Bonchev–Trinajstić information content (AvgIpc) is 3.29. The zero-order valence-electron chi connectivity index (χ0n) is 19.4. The Kier molecular flexibility index (Phi) is 6.47. The van der Waals surface area contributed by atoms with Crippen molar-refractivity contribution in [2.45, 2.75) is 38.6 Å². The van der Waals surface area contributed by atoms with Crippen molar-refractivity contribution in [3.8, 4) is 11.5 Å². The van der Waals surface area contributed by atoms with Gasteiger partial charge in [-0.1, -0.05) is 12.1 Å². The van der Waals surface area contributed by atoms with Gasteiger partial charge in [-0.15, -0.1) is 0 Å². The third kappa shape index (κ3) is 4.30. The molecule has 0 fully saturated rings. The Morgan fingerprint density at radius 2 is 1.91 bits per heavy atom. The standard InChI is InChI=1S/C23H26N4O6S/c1-5-22-24-21(25-33-22)13-26-18-11-15(3)20(12-19(18)32-14-23(26)28)34(29,30)27(6-2)16-7-9-17(31-4)10-8-16/h7-12H,5-6,13-14H2,1-4H3. The minimum absolute atomic E-state index is 0.0944. The molecule has 11 heteroatoms. The molecule has 2 heterocycles. The highest BCUT2D eigenvalue weighted by Crippen LogP contribution is 2.38. The van der Waals surface area contributed by atoms with E-state index in [1.54, 1.807) is 51.3 Å². The van der Waals surface area contributed by atoms with E-state index in [4.69, 9.17) is 14.0 Å². The fraction of sp³-hybridized carbons (Fsp3) is 0.348. The number of carbonyl (C=O) groups excluding carboxylic acids is 1. The molecule has 0 atom stereocenters. The molecule has 10 nitrogen and oxygen atoms in total. The van der Waals surface area contributed by atoms with E-state index in [9.17, 15) is 13.2 Å². The van der Waals surface area contributed by atoms with Gasteiger partial charge in [0.15, 0.2) is 12.4 Å². The quantitative estimate of drug-likeness (QED) is 0.477. The van der Waals surface area contributed by atoms with Gasteiger partial charge in [-0.2, -0.15) is 4.98 Å². The van der Waals surface area contributed by atoms with Crippen molar-refractivity contribution >= 4 is 27.3 Å². The molecule has 0 saturated heterocycles. The maximum Gasteiger partial charge on any atom is 0.265 e. The lowest BCUT2D eigenvalue weighted by Gasteiger charge is -2.30. The largest absolute Gasteiger partial charge is 0.497 e. The predicted molar refractivity (Wildman–Crippen MR) is 125 cm³/mol. The van der Waals surface area contributed by atoms with Gasteiger partial charge < -0.3 is 14.0 Å². The molecule has 2 aromatic carbocycles. The third-order valence-electron chi connectivity index (χ3n) is 5.53. The van der Waals surface area contributed by atoms with E-state index in [0.29, 0.717) is 46.6 Å². The number of ether oxygens (including phenoxy) is 2. The Balaban J connectivity index is 1.70. The summed E-state index contributed by atoms with van der Waals surface area (Å²) in [6.07, 6.45) is 0.586. The van der Waals surface area contributed by atoms with E-state index in [2.05, 4.69) is 10.1 Å². The second-order valence-electron chi connectivity index (χ2n) is 7.68.